The largest absolute Gasteiger partial charge is 0.369 e. The Morgan fingerprint density at radius 1 is 0.925 bits per heavy atom. The molecule has 2 unspecified atom stereocenters. The lowest BCUT2D eigenvalue weighted by Gasteiger charge is -2.44. The lowest BCUT2D eigenvalue weighted by molar-refractivity contribution is 0.0947. The molecule has 8 nitrogen and oxygen atoms in total. The molecule has 0 radical (unpaired) electrons. The van der Waals surface area contributed by atoms with Crippen molar-refractivity contribution in [3.63, 3.8) is 0 Å². The highest BCUT2D eigenvalue weighted by Crippen LogP contribution is 2.39. The van der Waals surface area contributed by atoms with Crippen LogP contribution >= 0.6 is 11.6 Å². The van der Waals surface area contributed by atoms with Crippen molar-refractivity contribution in [2.24, 2.45) is 11.8 Å². The van der Waals surface area contributed by atoms with E-state index in [4.69, 9.17) is 11.6 Å². The number of nitrogens with one attached hydrogen (secondary N) is 3. The van der Waals surface area contributed by atoms with Gasteiger partial charge in [0.1, 0.15) is 0 Å². The quantitative estimate of drug-likeness (QED) is 0.361. The molecule has 1 aromatic heterocycles. The number of piperidine rings is 1. The maximum absolute atomic E-state index is 13.1. The summed E-state index contributed by atoms with van der Waals surface area (Å²) in [4.78, 5) is 40.9. The highest BCUT2D eigenvalue weighted by molar-refractivity contribution is 6.30. The highest BCUT2D eigenvalue weighted by Gasteiger charge is 2.35. The van der Waals surface area contributed by atoms with E-state index in [2.05, 4.69) is 20.9 Å². The average Bonchev–Trinajstić information content (AvgIpc) is 3.47. The number of carbonyl (C=O) groups excluding carboxylic acids is 2. The maximum Gasteiger partial charge on any atom is 0.323 e. The molecular formula is C31H34ClN5O3. The number of anilines is 3. The number of urea groups is 1. The van der Waals surface area contributed by atoms with Gasteiger partial charge in [-0.05, 0) is 79.6 Å². The van der Waals surface area contributed by atoms with Crippen molar-refractivity contribution in [3.8, 4) is 0 Å². The Morgan fingerprint density at radius 2 is 1.73 bits per heavy atom. The molecule has 3 N–H and O–H groups in total. The number of fused-ring (bicyclic) bond motifs is 4. The normalized spacial score (nSPS) is 20.1. The first-order chi connectivity index (χ1) is 19.4. The molecule has 1 saturated carbocycles. The number of rotatable bonds is 6. The van der Waals surface area contributed by atoms with Gasteiger partial charge in [-0.25, -0.2) is 4.79 Å². The molecule has 1 saturated heterocycles. The molecule has 6 rings (SSSR count). The van der Waals surface area contributed by atoms with E-state index in [1.165, 1.54) is 12.8 Å². The first-order valence-electron chi connectivity index (χ1n) is 14.1. The summed E-state index contributed by atoms with van der Waals surface area (Å²) in [5.41, 5.74) is 3.67. The SMILES string of the molecule is O=C(Nc1ccc(Cl)cc1)Nc1cc(C(=O)NCC2CCCC2)ccc1N1CC2CC(C1)c1cccc(=O)n1C2. The van der Waals surface area contributed by atoms with Crippen LogP contribution in [0.15, 0.2) is 65.5 Å². The fourth-order valence-corrected chi connectivity index (χ4v) is 6.64. The zero-order chi connectivity index (χ0) is 27.6. The summed E-state index contributed by atoms with van der Waals surface area (Å²) in [6.45, 7) is 2.84. The molecule has 208 valence electrons. The topological polar surface area (TPSA) is 95.5 Å². The molecule has 3 aromatic rings. The van der Waals surface area contributed by atoms with E-state index < -0.39 is 6.03 Å². The standard InChI is InChI=1S/C31H34ClN5O3/c32-24-9-11-25(12-10-24)34-31(40)35-26-15-22(30(39)33-16-20-4-1-2-5-20)8-13-28(26)36-17-21-14-23(19-36)27-6-3-7-29(38)37(27)18-21/h3,6-13,15,20-21,23H,1-2,4-5,14,16-19H2,(H,33,39)(H2,34,35,40). The number of amides is 3. The molecule has 0 spiro atoms. The van der Waals surface area contributed by atoms with Crippen LogP contribution in [0.2, 0.25) is 5.02 Å². The van der Waals surface area contributed by atoms with Gasteiger partial charge in [-0.2, -0.15) is 0 Å². The number of pyridine rings is 1. The minimum absolute atomic E-state index is 0.0508. The fraction of sp³-hybridized carbons (Fsp3) is 0.387. The van der Waals surface area contributed by atoms with E-state index in [0.29, 0.717) is 46.9 Å². The predicted molar refractivity (Wildman–Crippen MR) is 159 cm³/mol. The molecule has 3 amide bonds. The Labute approximate surface area is 238 Å². The minimum Gasteiger partial charge on any atom is -0.369 e. The van der Waals surface area contributed by atoms with E-state index in [1.807, 2.05) is 28.8 Å². The molecular weight excluding hydrogens is 526 g/mol. The van der Waals surface area contributed by atoms with Crippen molar-refractivity contribution in [1.82, 2.24) is 9.88 Å². The van der Waals surface area contributed by atoms with Gasteiger partial charge in [0.05, 0.1) is 11.4 Å². The van der Waals surface area contributed by atoms with Crippen LogP contribution in [0.1, 0.15) is 54.1 Å². The van der Waals surface area contributed by atoms with Crippen LogP contribution in [0.5, 0.6) is 0 Å². The number of halogens is 1. The summed E-state index contributed by atoms with van der Waals surface area (Å²) >= 11 is 5.99. The van der Waals surface area contributed by atoms with Crippen molar-refractivity contribution in [2.45, 2.75) is 44.6 Å². The monoisotopic (exact) mass is 559 g/mol. The van der Waals surface area contributed by atoms with Crippen molar-refractivity contribution >= 4 is 40.6 Å². The third-order valence-electron chi connectivity index (χ3n) is 8.46. The van der Waals surface area contributed by atoms with Gasteiger partial charge >= 0.3 is 6.03 Å². The summed E-state index contributed by atoms with van der Waals surface area (Å²) in [7, 11) is 0. The third kappa shape index (κ3) is 5.72. The second kappa shape index (κ2) is 11.4. The fourth-order valence-electron chi connectivity index (χ4n) is 6.52. The Bertz CT molecular complexity index is 1460. The van der Waals surface area contributed by atoms with Crippen LogP contribution in [0.3, 0.4) is 0 Å². The van der Waals surface area contributed by atoms with Crippen molar-refractivity contribution in [3.05, 3.63) is 87.3 Å². The second-order valence-corrected chi connectivity index (χ2v) is 11.7. The first kappa shape index (κ1) is 26.4. The van der Waals surface area contributed by atoms with Crippen LogP contribution < -0.4 is 26.4 Å². The Balaban J connectivity index is 1.25. The second-order valence-electron chi connectivity index (χ2n) is 11.3. The lowest BCUT2D eigenvalue weighted by Crippen LogP contribution is -2.47. The maximum atomic E-state index is 13.1. The van der Waals surface area contributed by atoms with Crippen LogP contribution in [-0.2, 0) is 6.54 Å². The van der Waals surface area contributed by atoms with Crippen molar-refractivity contribution in [1.29, 1.82) is 0 Å². The summed E-state index contributed by atoms with van der Waals surface area (Å²) < 4.78 is 1.91. The molecule has 2 bridgehead atoms. The van der Waals surface area contributed by atoms with E-state index in [0.717, 1.165) is 43.7 Å². The van der Waals surface area contributed by atoms with Gasteiger partial charge in [-0.15, -0.1) is 0 Å². The van der Waals surface area contributed by atoms with Gasteiger partial charge in [-0.1, -0.05) is 30.5 Å². The molecule has 3 aliphatic rings. The summed E-state index contributed by atoms with van der Waals surface area (Å²) in [6.07, 6.45) is 5.79. The van der Waals surface area contributed by atoms with Crippen molar-refractivity contribution < 1.29 is 9.59 Å². The number of benzene rings is 2. The molecule has 40 heavy (non-hydrogen) atoms. The molecule has 1 aliphatic carbocycles. The number of aromatic nitrogens is 1. The summed E-state index contributed by atoms with van der Waals surface area (Å²) in [5, 5.41) is 9.53. The molecule has 2 fully saturated rings. The van der Waals surface area contributed by atoms with Crippen LogP contribution in [-0.4, -0.2) is 36.1 Å². The molecule has 2 atom stereocenters. The van der Waals surface area contributed by atoms with Gasteiger partial charge in [0.25, 0.3) is 11.5 Å². The summed E-state index contributed by atoms with van der Waals surface area (Å²) in [6, 6.07) is 17.5. The van der Waals surface area contributed by atoms with E-state index in [-0.39, 0.29) is 17.4 Å². The Morgan fingerprint density at radius 3 is 2.52 bits per heavy atom. The first-order valence-corrected chi connectivity index (χ1v) is 14.5. The zero-order valence-corrected chi connectivity index (χ0v) is 23.1. The Hall–Kier alpha value is -3.78. The van der Waals surface area contributed by atoms with Gasteiger partial charge in [0.15, 0.2) is 0 Å². The van der Waals surface area contributed by atoms with Gasteiger partial charge in [0, 0.05) is 60.1 Å². The molecule has 2 aliphatic heterocycles. The van der Waals surface area contributed by atoms with Gasteiger partial charge in [0.2, 0.25) is 0 Å². The zero-order valence-electron chi connectivity index (χ0n) is 22.4. The van der Waals surface area contributed by atoms with Crippen LogP contribution in [0.25, 0.3) is 0 Å². The van der Waals surface area contributed by atoms with Gasteiger partial charge in [-0.3, -0.25) is 9.59 Å². The molecule has 9 heteroatoms. The number of hydrogen-bond acceptors (Lipinski definition) is 4. The predicted octanol–water partition coefficient (Wildman–Crippen LogP) is 5.69. The van der Waals surface area contributed by atoms with E-state index in [9.17, 15) is 14.4 Å². The third-order valence-corrected chi connectivity index (χ3v) is 8.71. The number of carbonyl (C=O) groups is 2. The Kier molecular flexibility index (Phi) is 7.52. The van der Waals surface area contributed by atoms with Crippen LogP contribution in [0.4, 0.5) is 21.9 Å². The van der Waals surface area contributed by atoms with Crippen LogP contribution in [0, 0.1) is 11.8 Å². The molecule has 2 aromatic carbocycles. The average molecular weight is 560 g/mol. The van der Waals surface area contributed by atoms with E-state index in [1.54, 1.807) is 36.4 Å². The molecule has 3 heterocycles. The summed E-state index contributed by atoms with van der Waals surface area (Å²) in [5.74, 6) is 0.931. The van der Waals surface area contributed by atoms with E-state index >= 15 is 0 Å². The smallest absolute Gasteiger partial charge is 0.323 e. The van der Waals surface area contributed by atoms with Gasteiger partial charge < -0.3 is 25.4 Å². The number of hydrogen-bond donors (Lipinski definition) is 3. The van der Waals surface area contributed by atoms with Crippen molar-refractivity contribution in [2.75, 3.05) is 35.2 Å². The highest BCUT2D eigenvalue weighted by atomic mass is 35.5. The lowest BCUT2D eigenvalue weighted by atomic mass is 9.83. The number of nitrogens with zero attached hydrogens (tertiary/aromatic N) is 2. The minimum atomic E-state index is -0.402.